The first-order chi connectivity index (χ1) is 7.35. The summed E-state index contributed by atoms with van der Waals surface area (Å²) in [7, 11) is 0. The molecule has 92 valence electrons. The third-order valence-electron chi connectivity index (χ3n) is 7.02. The van der Waals surface area contributed by atoms with E-state index in [-0.39, 0.29) is 16.4 Å². The molecule has 0 aromatic carbocycles. The van der Waals surface area contributed by atoms with E-state index < -0.39 is 0 Å². The summed E-state index contributed by atoms with van der Waals surface area (Å²) in [5, 5.41) is 11.3. The maximum absolute atomic E-state index is 11.3. The van der Waals surface area contributed by atoms with Crippen molar-refractivity contribution in [3.8, 4) is 0 Å². The summed E-state index contributed by atoms with van der Waals surface area (Å²) in [4.78, 5) is 0. The quantitative estimate of drug-likeness (QED) is 0.664. The third-order valence-corrected chi connectivity index (χ3v) is 7.02. The van der Waals surface area contributed by atoms with Gasteiger partial charge in [-0.1, -0.05) is 27.7 Å². The van der Waals surface area contributed by atoms with Crippen LogP contribution in [-0.4, -0.2) is 10.7 Å². The van der Waals surface area contributed by atoms with Crippen LogP contribution in [-0.2, 0) is 0 Å². The molecule has 0 heterocycles. The van der Waals surface area contributed by atoms with Crippen molar-refractivity contribution in [3.05, 3.63) is 0 Å². The fraction of sp³-hybridized carbons (Fsp3) is 1.00. The topological polar surface area (TPSA) is 20.2 Å². The largest absolute Gasteiger partial charge is 0.389 e. The average Bonchev–Trinajstić information content (AvgIpc) is 2.55. The Morgan fingerprint density at radius 2 is 1.75 bits per heavy atom. The molecule has 5 atom stereocenters. The van der Waals surface area contributed by atoms with Gasteiger partial charge in [-0.2, -0.15) is 0 Å². The minimum atomic E-state index is -0.366. The fourth-order valence-corrected chi connectivity index (χ4v) is 5.80. The molecule has 0 radical (unpaired) electrons. The van der Waals surface area contributed by atoms with Crippen LogP contribution in [0.3, 0.4) is 0 Å². The van der Waals surface area contributed by atoms with Crippen molar-refractivity contribution in [1.29, 1.82) is 0 Å². The lowest BCUT2D eigenvalue weighted by atomic mass is 9.64. The second-order valence-corrected chi connectivity index (χ2v) is 7.50. The second-order valence-electron chi connectivity index (χ2n) is 7.50. The lowest BCUT2D eigenvalue weighted by molar-refractivity contribution is -0.115. The Morgan fingerprint density at radius 3 is 2.44 bits per heavy atom. The molecule has 1 nitrogen and oxygen atoms in total. The molecular weight excluding hydrogens is 196 g/mol. The van der Waals surface area contributed by atoms with E-state index in [1.807, 2.05) is 0 Å². The van der Waals surface area contributed by atoms with Gasteiger partial charge in [-0.15, -0.1) is 0 Å². The molecule has 2 bridgehead atoms. The zero-order chi connectivity index (χ0) is 11.8. The van der Waals surface area contributed by atoms with Crippen LogP contribution in [0.2, 0.25) is 0 Å². The van der Waals surface area contributed by atoms with Gasteiger partial charge in [0.25, 0.3) is 0 Å². The Hall–Kier alpha value is -0.0400. The summed E-state index contributed by atoms with van der Waals surface area (Å²) in [6.07, 6.45) is 6.18. The Labute approximate surface area is 99.6 Å². The fourth-order valence-electron chi connectivity index (χ4n) is 5.80. The predicted molar refractivity (Wildman–Crippen MR) is 66.1 cm³/mol. The van der Waals surface area contributed by atoms with E-state index in [2.05, 4.69) is 27.7 Å². The highest BCUT2D eigenvalue weighted by Gasteiger charge is 2.72. The van der Waals surface area contributed by atoms with Gasteiger partial charge in [0.1, 0.15) is 0 Å². The van der Waals surface area contributed by atoms with Crippen LogP contribution in [0, 0.1) is 28.6 Å². The molecule has 1 spiro atoms. The first kappa shape index (κ1) is 11.1. The van der Waals surface area contributed by atoms with Crippen LogP contribution in [0.25, 0.3) is 0 Å². The molecule has 1 N–H and O–H groups in total. The summed E-state index contributed by atoms with van der Waals surface area (Å²) < 4.78 is 0. The number of hydrogen-bond donors (Lipinski definition) is 1. The zero-order valence-corrected chi connectivity index (χ0v) is 11.2. The molecule has 1 heteroatoms. The number of rotatable bonds is 0. The van der Waals surface area contributed by atoms with Gasteiger partial charge in [0.2, 0.25) is 0 Å². The molecule has 0 amide bonds. The van der Waals surface area contributed by atoms with Crippen molar-refractivity contribution >= 4 is 0 Å². The van der Waals surface area contributed by atoms with Gasteiger partial charge in [-0.3, -0.25) is 0 Å². The second kappa shape index (κ2) is 2.85. The maximum atomic E-state index is 11.3. The Morgan fingerprint density at radius 1 is 1.06 bits per heavy atom. The SMILES string of the molecule is C[C@H]1CC[C@]23C[C@H]1C(C)(C)C2(O)CC[C@@H]3C. The molecular formula is C15H26O. The molecule has 0 saturated heterocycles. The molecule has 3 rings (SSSR count). The van der Waals surface area contributed by atoms with Crippen molar-refractivity contribution in [3.63, 3.8) is 0 Å². The van der Waals surface area contributed by atoms with E-state index in [0.717, 1.165) is 24.2 Å². The highest BCUT2D eigenvalue weighted by molar-refractivity contribution is 5.22. The first-order valence-corrected chi connectivity index (χ1v) is 7.07. The minimum Gasteiger partial charge on any atom is -0.389 e. The van der Waals surface area contributed by atoms with E-state index in [9.17, 15) is 5.11 Å². The molecule has 3 fully saturated rings. The lowest BCUT2D eigenvalue weighted by Crippen LogP contribution is -2.49. The van der Waals surface area contributed by atoms with Gasteiger partial charge in [0, 0.05) is 5.41 Å². The van der Waals surface area contributed by atoms with E-state index in [4.69, 9.17) is 0 Å². The summed E-state index contributed by atoms with van der Waals surface area (Å²) in [5.41, 5.74) is 0.0379. The monoisotopic (exact) mass is 222 g/mol. The van der Waals surface area contributed by atoms with E-state index in [1.54, 1.807) is 0 Å². The van der Waals surface area contributed by atoms with Gasteiger partial charge < -0.3 is 5.11 Å². The van der Waals surface area contributed by atoms with Gasteiger partial charge >= 0.3 is 0 Å². The van der Waals surface area contributed by atoms with Gasteiger partial charge in [0.05, 0.1) is 5.60 Å². The standard InChI is InChI=1S/C15H26O/c1-10-5-7-14-9-12(10)13(3,4)15(14,16)8-6-11(14)2/h10-12,16H,5-9H2,1-4H3/t10-,11-,12+,14+,15?/m0/s1. The summed E-state index contributed by atoms with van der Waals surface area (Å²) in [6, 6.07) is 0. The third kappa shape index (κ3) is 0.903. The van der Waals surface area contributed by atoms with Crippen LogP contribution in [0.4, 0.5) is 0 Å². The van der Waals surface area contributed by atoms with Crippen molar-refractivity contribution in [2.45, 2.75) is 65.4 Å². The Kier molecular flexibility index (Phi) is 1.98. The summed E-state index contributed by atoms with van der Waals surface area (Å²) in [5.74, 6) is 2.28. The molecule has 3 saturated carbocycles. The van der Waals surface area contributed by atoms with Crippen LogP contribution < -0.4 is 0 Å². The lowest BCUT2D eigenvalue weighted by Gasteiger charge is -2.45. The molecule has 16 heavy (non-hydrogen) atoms. The Bertz CT molecular complexity index is 321. The highest BCUT2D eigenvalue weighted by Crippen LogP contribution is 2.74. The van der Waals surface area contributed by atoms with Crippen molar-refractivity contribution in [2.75, 3.05) is 0 Å². The van der Waals surface area contributed by atoms with Gasteiger partial charge in [0.15, 0.2) is 0 Å². The van der Waals surface area contributed by atoms with Crippen molar-refractivity contribution in [2.24, 2.45) is 28.6 Å². The van der Waals surface area contributed by atoms with Crippen LogP contribution in [0.1, 0.15) is 59.8 Å². The molecule has 3 aliphatic rings. The van der Waals surface area contributed by atoms with Crippen LogP contribution >= 0.6 is 0 Å². The van der Waals surface area contributed by atoms with E-state index in [0.29, 0.717) is 0 Å². The summed E-state index contributed by atoms with van der Waals surface area (Å²) >= 11 is 0. The first-order valence-electron chi connectivity index (χ1n) is 7.07. The molecule has 0 aromatic rings. The maximum Gasteiger partial charge on any atom is 0.0759 e. The van der Waals surface area contributed by atoms with Crippen LogP contribution in [0.15, 0.2) is 0 Å². The minimum absolute atomic E-state index is 0.133. The van der Waals surface area contributed by atoms with E-state index >= 15 is 0 Å². The van der Waals surface area contributed by atoms with E-state index in [1.165, 1.54) is 25.7 Å². The summed E-state index contributed by atoms with van der Waals surface area (Å²) in [6.45, 7) is 9.44. The van der Waals surface area contributed by atoms with Crippen molar-refractivity contribution in [1.82, 2.24) is 0 Å². The molecule has 1 unspecified atom stereocenters. The van der Waals surface area contributed by atoms with Gasteiger partial charge in [-0.25, -0.2) is 0 Å². The highest BCUT2D eigenvalue weighted by atomic mass is 16.3. The number of aliphatic hydroxyl groups is 1. The molecule has 0 aromatic heterocycles. The number of hydrogen-bond acceptors (Lipinski definition) is 1. The van der Waals surface area contributed by atoms with Crippen LogP contribution in [0.5, 0.6) is 0 Å². The molecule has 3 aliphatic carbocycles. The normalized spacial score (nSPS) is 58.7. The number of fused-ring (bicyclic) bond motifs is 1. The molecule has 0 aliphatic heterocycles. The predicted octanol–water partition coefficient (Wildman–Crippen LogP) is 3.61. The van der Waals surface area contributed by atoms with Crippen molar-refractivity contribution < 1.29 is 5.11 Å². The average molecular weight is 222 g/mol. The van der Waals surface area contributed by atoms with Gasteiger partial charge in [-0.05, 0) is 55.3 Å². The Balaban J connectivity index is 2.13. The smallest absolute Gasteiger partial charge is 0.0759 e. The zero-order valence-electron chi connectivity index (χ0n) is 11.2.